The summed E-state index contributed by atoms with van der Waals surface area (Å²) in [5, 5.41) is 8.26. The molecule has 0 spiro atoms. The van der Waals surface area contributed by atoms with Gasteiger partial charge in [-0.1, -0.05) is 11.6 Å². The molecule has 1 heterocycles. The van der Waals surface area contributed by atoms with Crippen molar-refractivity contribution in [2.75, 3.05) is 11.9 Å². The predicted molar refractivity (Wildman–Crippen MR) is 91.4 cm³/mol. The molecule has 8 heteroatoms. The topological polar surface area (TPSA) is 98.5 Å². The number of benzene rings is 2. The van der Waals surface area contributed by atoms with E-state index in [1.807, 2.05) is 0 Å². The quantitative estimate of drug-likeness (QED) is 0.873. The molecule has 0 aromatic heterocycles. The largest absolute Gasteiger partial charge is 0.488 e. The zero-order valence-electron chi connectivity index (χ0n) is 12.3. The van der Waals surface area contributed by atoms with Crippen molar-refractivity contribution in [3.8, 4) is 5.75 Å². The summed E-state index contributed by atoms with van der Waals surface area (Å²) in [6.45, 7) is 0.135. The second-order valence-corrected chi connectivity index (χ2v) is 7.16. The van der Waals surface area contributed by atoms with Crippen LogP contribution >= 0.6 is 11.6 Å². The molecule has 3 N–H and O–H groups in total. The van der Waals surface area contributed by atoms with Gasteiger partial charge in [-0.25, -0.2) is 13.6 Å². The minimum absolute atomic E-state index is 0.0238. The first kappa shape index (κ1) is 16.5. The Hall–Kier alpha value is -2.35. The van der Waals surface area contributed by atoms with Crippen molar-refractivity contribution in [3.63, 3.8) is 0 Å². The molecule has 0 saturated carbocycles. The molecule has 1 aliphatic rings. The van der Waals surface area contributed by atoms with Crippen molar-refractivity contribution in [1.29, 1.82) is 0 Å². The van der Waals surface area contributed by atoms with E-state index in [1.54, 1.807) is 24.3 Å². The van der Waals surface area contributed by atoms with Crippen LogP contribution in [-0.4, -0.2) is 20.9 Å². The van der Waals surface area contributed by atoms with Gasteiger partial charge in [0.1, 0.15) is 12.4 Å². The molecule has 2 aromatic rings. The number of nitrogens with two attached hydrogens (primary N) is 1. The van der Waals surface area contributed by atoms with Crippen molar-refractivity contribution in [2.24, 2.45) is 5.14 Å². The third kappa shape index (κ3) is 3.59. The van der Waals surface area contributed by atoms with Crippen molar-refractivity contribution in [2.45, 2.75) is 4.90 Å². The number of carbonyl (C=O) groups is 1. The summed E-state index contributed by atoms with van der Waals surface area (Å²) < 4.78 is 28.0. The highest BCUT2D eigenvalue weighted by Gasteiger charge is 2.18. The first-order valence-electron chi connectivity index (χ1n) is 6.90. The minimum atomic E-state index is -3.76. The fourth-order valence-electron chi connectivity index (χ4n) is 2.22. The molecular weight excluding hydrogens is 352 g/mol. The molecule has 124 valence electrons. The van der Waals surface area contributed by atoms with Crippen LogP contribution in [0.1, 0.15) is 5.56 Å². The van der Waals surface area contributed by atoms with Gasteiger partial charge in [0.15, 0.2) is 0 Å². The maximum atomic E-state index is 12.3. The number of anilines is 1. The lowest BCUT2D eigenvalue weighted by molar-refractivity contribution is -0.113. The van der Waals surface area contributed by atoms with E-state index in [1.165, 1.54) is 24.3 Å². The molecule has 0 atom stereocenters. The van der Waals surface area contributed by atoms with E-state index in [0.717, 1.165) is 5.56 Å². The van der Waals surface area contributed by atoms with Gasteiger partial charge in [0.2, 0.25) is 10.0 Å². The second-order valence-electron chi connectivity index (χ2n) is 5.16. The van der Waals surface area contributed by atoms with Crippen LogP contribution in [0, 0.1) is 0 Å². The molecule has 0 aliphatic carbocycles. The molecule has 0 unspecified atom stereocenters. The highest BCUT2D eigenvalue weighted by molar-refractivity contribution is 7.89. The van der Waals surface area contributed by atoms with Crippen molar-refractivity contribution in [3.05, 3.63) is 58.6 Å². The standard InChI is InChI=1S/C16H13ClN2O4S/c17-12-1-6-15-10(8-12)7-11(9-23-15)16(20)19-13-2-4-14(5-3-13)24(18,21)22/h1-8H,9H2,(H,19,20)(H2,18,21,22). The van der Waals surface area contributed by atoms with E-state index in [2.05, 4.69) is 5.32 Å². The first-order valence-corrected chi connectivity index (χ1v) is 8.82. The highest BCUT2D eigenvalue weighted by atomic mass is 35.5. The number of primary sulfonamides is 1. The molecule has 0 radical (unpaired) electrons. The maximum Gasteiger partial charge on any atom is 0.255 e. The smallest absolute Gasteiger partial charge is 0.255 e. The molecule has 3 rings (SSSR count). The van der Waals surface area contributed by atoms with Crippen LogP contribution in [0.25, 0.3) is 6.08 Å². The van der Waals surface area contributed by atoms with Gasteiger partial charge in [-0.3, -0.25) is 4.79 Å². The van der Waals surface area contributed by atoms with Gasteiger partial charge in [-0.15, -0.1) is 0 Å². The van der Waals surface area contributed by atoms with E-state index in [-0.39, 0.29) is 17.4 Å². The van der Waals surface area contributed by atoms with Crippen molar-refractivity contribution >= 4 is 39.3 Å². The number of halogens is 1. The fraction of sp³-hybridized carbons (Fsp3) is 0.0625. The van der Waals surface area contributed by atoms with Crippen LogP contribution in [-0.2, 0) is 14.8 Å². The lowest BCUT2D eigenvalue weighted by atomic mass is 10.1. The number of hydrogen-bond acceptors (Lipinski definition) is 4. The van der Waals surface area contributed by atoms with Crippen LogP contribution in [0.3, 0.4) is 0 Å². The molecule has 0 saturated heterocycles. The number of sulfonamides is 1. The van der Waals surface area contributed by atoms with Gasteiger partial charge in [-0.2, -0.15) is 0 Å². The lowest BCUT2D eigenvalue weighted by Crippen LogP contribution is -2.21. The summed E-state index contributed by atoms with van der Waals surface area (Å²) in [6, 6.07) is 10.8. The Labute approximate surface area is 143 Å². The number of carbonyl (C=O) groups excluding carboxylic acids is 1. The van der Waals surface area contributed by atoms with Crippen LogP contribution in [0.4, 0.5) is 5.69 Å². The third-order valence-corrected chi connectivity index (χ3v) is 4.58. The summed E-state index contributed by atoms with van der Waals surface area (Å²) in [6.07, 6.45) is 1.71. The van der Waals surface area contributed by atoms with E-state index in [0.29, 0.717) is 22.0 Å². The van der Waals surface area contributed by atoms with Gasteiger partial charge in [0, 0.05) is 16.3 Å². The minimum Gasteiger partial charge on any atom is -0.488 e. The highest BCUT2D eigenvalue weighted by Crippen LogP contribution is 2.29. The predicted octanol–water partition coefficient (Wildman–Crippen LogP) is 2.40. The Morgan fingerprint density at radius 2 is 1.88 bits per heavy atom. The molecule has 2 aromatic carbocycles. The van der Waals surface area contributed by atoms with Crippen LogP contribution in [0.5, 0.6) is 5.75 Å². The van der Waals surface area contributed by atoms with E-state index >= 15 is 0 Å². The van der Waals surface area contributed by atoms with Crippen molar-refractivity contribution < 1.29 is 17.9 Å². The second kappa shape index (κ2) is 6.27. The van der Waals surface area contributed by atoms with Crippen LogP contribution < -0.4 is 15.2 Å². The van der Waals surface area contributed by atoms with Gasteiger partial charge < -0.3 is 10.1 Å². The average Bonchev–Trinajstić information content (AvgIpc) is 2.53. The molecule has 24 heavy (non-hydrogen) atoms. The van der Waals surface area contributed by atoms with Crippen LogP contribution in [0.15, 0.2) is 52.9 Å². The zero-order valence-corrected chi connectivity index (χ0v) is 13.9. The van der Waals surface area contributed by atoms with Crippen molar-refractivity contribution in [1.82, 2.24) is 0 Å². The Bertz CT molecular complexity index is 937. The SMILES string of the molecule is NS(=O)(=O)c1ccc(NC(=O)C2=Cc3cc(Cl)ccc3OC2)cc1. The molecule has 6 nitrogen and oxygen atoms in total. The summed E-state index contributed by atoms with van der Waals surface area (Å²) in [4.78, 5) is 12.3. The zero-order chi connectivity index (χ0) is 17.3. The van der Waals surface area contributed by atoms with E-state index in [4.69, 9.17) is 21.5 Å². The summed E-state index contributed by atoms with van der Waals surface area (Å²) in [5.41, 5.74) is 1.61. The normalized spacial score (nSPS) is 13.5. The first-order chi connectivity index (χ1) is 11.3. The molecule has 0 fully saturated rings. The van der Waals surface area contributed by atoms with Gasteiger partial charge in [-0.05, 0) is 48.5 Å². The lowest BCUT2D eigenvalue weighted by Gasteiger charge is -2.18. The van der Waals surface area contributed by atoms with Gasteiger partial charge in [0.25, 0.3) is 5.91 Å². The molecule has 1 amide bonds. The number of ether oxygens (including phenoxy) is 1. The third-order valence-electron chi connectivity index (χ3n) is 3.42. The van der Waals surface area contributed by atoms with Gasteiger partial charge >= 0.3 is 0 Å². The summed E-state index contributed by atoms with van der Waals surface area (Å²) in [5.74, 6) is 0.317. The Morgan fingerprint density at radius 1 is 1.17 bits per heavy atom. The van der Waals surface area contributed by atoms with Gasteiger partial charge in [0.05, 0.1) is 10.5 Å². The number of hydrogen-bond donors (Lipinski definition) is 2. The summed E-state index contributed by atoms with van der Waals surface area (Å²) >= 11 is 5.94. The Balaban J connectivity index is 1.78. The average molecular weight is 365 g/mol. The Morgan fingerprint density at radius 3 is 2.54 bits per heavy atom. The number of fused-ring (bicyclic) bond motifs is 1. The fourth-order valence-corrected chi connectivity index (χ4v) is 2.91. The monoisotopic (exact) mass is 364 g/mol. The summed E-state index contributed by atoms with van der Waals surface area (Å²) in [7, 11) is -3.76. The molecular formula is C16H13ClN2O4S. The van der Waals surface area contributed by atoms with E-state index in [9.17, 15) is 13.2 Å². The molecule has 0 bridgehead atoms. The van der Waals surface area contributed by atoms with E-state index < -0.39 is 10.0 Å². The number of nitrogens with one attached hydrogen (secondary N) is 1. The maximum absolute atomic E-state index is 12.3. The number of amides is 1. The number of rotatable bonds is 3. The molecule has 1 aliphatic heterocycles. The Kier molecular flexibility index (Phi) is 4.31. The van der Waals surface area contributed by atoms with Crippen LogP contribution in [0.2, 0.25) is 5.02 Å².